The second kappa shape index (κ2) is 8.45. The topological polar surface area (TPSA) is 53.8 Å². The van der Waals surface area contributed by atoms with Gasteiger partial charge in [-0.15, -0.1) is 0 Å². The van der Waals surface area contributed by atoms with Crippen LogP contribution in [0, 0.1) is 5.82 Å². The molecule has 0 fully saturated rings. The molecule has 1 aliphatic heterocycles. The quantitative estimate of drug-likeness (QED) is 0.633. The molecule has 0 saturated heterocycles. The van der Waals surface area contributed by atoms with Gasteiger partial charge in [-0.2, -0.15) is 0 Å². The zero-order valence-electron chi connectivity index (χ0n) is 16.2. The SMILES string of the molecule is CCOc1ccc(C2=N[C@@H](c3ccc(F)cc3)N[C@@H](c3ccccc3O)C2)cc1. The molecule has 0 radical (unpaired) electrons. The predicted molar refractivity (Wildman–Crippen MR) is 112 cm³/mol. The van der Waals surface area contributed by atoms with Crippen molar-refractivity contribution in [1.82, 2.24) is 5.32 Å². The van der Waals surface area contributed by atoms with Gasteiger partial charge in [-0.1, -0.05) is 30.3 Å². The summed E-state index contributed by atoms with van der Waals surface area (Å²) in [6.45, 7) is 2.57. The van der Waals surface area contributed by atoms with Crippen LogP contribution in [0.1, 0.15) is 42.2 Å². The van der Waals surface area contributed by atoms with Crippen molar-refractivity contribution < 1.29 is 14.2 Å². The summed E-state index contributed by atoms with van der Waals surface area (Å²) in [6, 6.07) is 21.4. The summed E-state index contributed by atoms with van der Waals surface area (Å²) in [7, 11) is 0. The fourth-order valence-electron chi connectivity index (χ4n) is 3.59. The normalized spacial score (nSPS) is 18.9. The number of para-hydroxylation sites is 1. The van der Waals surface area contributed by atoms with Gasteiger partial charge in [0.1, 0.15) is 23.5 Å². The van der Waals surface area contributed by atoms with Crippen LogP contribution in [-0.2, 0) is 0 Å². The molecule has 4 nitrogen and oxygen atoms in total. The van der Waals surface area contributed by atoms with E-state index in [1.807, 2.05) is 43.3 Å². The first-order valence-corrected chi connectivity index (χ1v) is 9.73. The van der Waals surface area contributed by atoms with Crippen LogP contribution in [-0.4, -0.2) is 17.4 Å². The molecular weight excluding hydrogens is 367 g/mol. The van der Waals surface area contributed by atoms with E-state index in [2.05, 4.69) is 5.32 Å². The Bertz CT molecular complexity index is 1000. The second-order valence-electron chi connectivity index (χ2n) is 6.97. The minimum atomic E-state index is -0.337. The summed E-state index contributed by atoms with van der Waals surface area (Å²) >= 11 is 0. The maximum absolute atomic E-state index is 13.4. The molecule has 3 aromatic carbocycles. The largest absolute Gasteiger partial charge is 0.508 e. The van der Waals surface area contributed by atoms with Crippen LogP contribution in [0.2, 0.25) is 0 Å². The molecule has 1 heterocycles. The van der Waals surface area contributed by atoms with Crippen molar-refractivity contribution in [2.75, 3.05) is 6.61 Å². The fraction of sp³-hybridized carbons (Fsp3) is 0.208. The van der Waals surface area contributed by atoms with Gasteiger partial charge < -0.3 is 9.84 Å². The zero-order valence-corrected chi connectivity index (χ0v) is 16.2. The summed E-state index contributed by atoms with van der Waals surface area (Å²) in [6.07, 6.45) is 0.291. The Balaban J connectivity index is 1.71. The Morgan fingerprint density at radius 3 is 2.45 bits per heavy atom. The molecule has 0 aromatic heterocycles. The number of nitrogens with zero attached hydrogens (tertiary/aromatic N) is 1. The first-order valence-electron chi connectivity index (χ1n) is 9.73. The van der Waals surface area contributed by atoms with Crippen LogP contribution >= 0.6 is 0 Å². The molecule has 1 aliphatic rings. The van der Waals surface area contributed by atoms with E-state index in [9.17, 15) is 9.50 Å². The highest BCUT2D eigenvalue weighted by Crippen LogP contribution is 2.34. The predicted octanol–water partition coefficient (Wildman–Crippen LogP) is 5.15. The van der Waals surface area contributed by atoms with E-state index in [-0.39, 0.29) is 23.8 Å². The molecule has 148 valence electrons. The zero-order chi connectivity index (χ0) is 20.2. The number of hydrogen-bond acceptors (Lipinski definition) is 4. The Morgan fingerprint density at radius 2 is 1.76 bits per heavy atom. The highest BCUT2D eigenvalue weighted by atomic mass is 19.1. The molecule has 0 amide bonds. The molecule has 0 unspecified atom stereocenters. The van der Waals surface area contributed by atoms with E-state index in [4.69, 9.17) is 9.73 Å². The Morgan fingerprint density at radius 1 is 1.03 bits per heavy atom. The molecule has 2 N–H and O–H groups in total. The summed E-state index contributed by atoms with van der Waals surface area (Å²) < 4.78 is 18.9. The molecule has 2 atom stereocenters. The van der Waals surface area contributed by atoms with Gasteiger partial charge >= 0.3 is 0 Å². The first kappa shape index (κ1) is 19.2. The third-order valence-corrected chi connectivity index (χ3v) is 5.04. The monoisotopic (exact) mass is 390 g/mol. The second-order valence-corrected chi connectivity index (χ2v) is 6.97. The molecule has 5 heteroatoms. The van der Waals surface area contributed by atoms with Gasteiger partial charge in [0.25, 0.3) is 0 Å². The first-order chi connectivity index (χ1) is 14.1. The summed E-state index contributed by atoms with van der Waals surface area (Å²) in [5.41, 5.74) is 3.62. The van der Waals surface area contributed by atoms with Crippen LogP contribution in [0.5, 0.6) is 11.5 Å². The number of benzene rings is 3. The van der Waals surface area contributed by atoms with E-state index in [0.717, 1.165) is 28.2 Å². The van der Waals surface area contributed by atoms with Crippen molar-refractivity contribution in [3.8, 4) is 11.5 Å². The smallest absolute Gasteiger partial charge is 0.126 e. The van der Waals surface area contributed by atoms with Crippen LogP contribution < -0.4 is 10.1 Å². The average molecular weight is 390 g/mol. The van der Waals surface area contributed by atoms with Gasteiger partial charge in [0.15, 0.2) is 0 Å². The Labute approximate surface area is 169 Å². The Kier molecular flexibility index (Phi) is 5.58. The highest BCUT2D eigenvalue weighted by Gasteiger charge is 2.27. The molecule has 29 heavy (non-hydrogen) atoms. The van der Waals surface area contributed by atoms with Crippen molar-refractivity contribution in [2.45, 2.75) is 25.6 Å². The molecule has 0 aliphatic carbocycles. The van der Waals surface area contributed by atoms with E-state index in [1.54, 1.807) is 24.3 Å². The van der Waals surface area contributed by atoms with Gasteiger partial charge in [-0.3, -0.25) is 10.3 Å². The summed E-state index contributed by atoms with van der Waals surface area (Å²) in [5, 5.41) is 13.8. The molecule has 0 saturated carbocycles. The van der Waals surface area contributed by atoms with Crippen molar-refractivity contribution >= 4 is 5.71 Å². The number of phenols is 1. The van der Waals surface area contributed by atoms with Crippen molar-refractivity contribution in [2.24, 2.45) is 4.99 Å². The van der Waals surface area contributed by atoms with E-state index in [0.29, 0.717) is 13.0 Å². The number of aliphatic imine (C=N–C) groups is 1. The van der Waals surface area contributed by atoms with E-state index < -0.39 is 0 Å². The highest BCUT2D eigenvalue weighted by molar-refractivity contribution is 6.01. The Hall–Kier alpha value is -3.18. The maximum Gasteiger partial charge on any atom is 0.126 e. The summed E-state index contributed by atoms with van der Waals surface area (Å²) in [5.74, 6) is 0.784. The minimum absolute atomic E-state index is 0.120. The van der Waals surface area contributed by atoms with Crippen molar-refractivity contribution in [3.63, 3.8) is 0 Å². The third-order valence-electron chi connectivity index (χ3n) is 5.04. The van der Waals surface area contributed by atoms with E-state index in [1.165, 1.54) is 12.1 Å². The van der Waals surface area contributed by atoms with Crippen LogP contribution in [0.4, 0.5) is 4.39 Å². The van der Waals surface area contributed by atoms with Gasteiger partial charge in [0.2, 0.25) is 0 Å². The van der Waals surface area contributed by atoms with Crippen LogP contribution in [0.25, 0.3) is 0 Å². The molecule has 0 bridgehead atoms. The lowest BCUT2D eigenvalue weighted by Gasteiger charge is -2.31. The number of ether oxygens (including phenoxy) is 1. The van der Waals surface area contributed by atoms with Gasteiger partial charge in [0, 0.05) is 23.7 Å². The third kappa shape index (κ3) is 4.30. The number of hydrogen-bond donors (Lipinski definition) is 2. The standard InChI is InChI=1S/C24H23FN2O2/c1-2-29-19-13-9-16(10-14-19)21-15-22(20-5-3-4-6-23(20)28)27-24(26-21)17-7-11-18(25)12-8-17/h3-14,22,24,27-28H,2,15H2,1H3/t22-,24-/m1/s1. The van der Waals surface area contributed by atoms with E-state index >= 15 is 0 Å². The number of halogens is 1. The maximum atomic E-state index is 13.4. The molecule has 0 spiro atoms. The van der Waals surface area contributed by atoms with Gasteiger partial charge in [0.05, 0.1) is 6.61 Å². The van der Waals surface area contributed by atoms with Crippen molar-refractivity contribution in [3.05, 3.63) is 95.3 Å². The molecule has 3 aromatic rings. The van der Waals surface area contributed by atoms with Gasteiger partial charge in [-0.05, 0) is 60.5 Å². The minimum Gasteiger partial charge on any atom is -0.508 e. The van der Waals surface area contributed by atoms with Crippen LogP contribution in [0.3, 0.4) is 0 Å². The lowest BCUT2D eigenvalue weighted by molar-refractivity contribution is 0.340. The van der Waals surface area contributed by atoms with Crippen LogP contribution in [0.15, 0.2) is 77.8 Å². The number of aromatic hydroxyl groups is 1. The fourth-order valence-corrected chi connectivity index (χ4v) is 3.59. The van der Waals surface area contributed by atoms with Crippen molar-refractivity contribution in [1.29, 1.82) is 0 Å². The van der Waals surface area contributed by atoms with Gasteiger partial charge in [-0.25, -0.2) is 4.39 Å². The summed E-state index contributed by atoms with van der Waals surface area (Å²) in [4.78, 5) is 4.89. The number of rotatable bonds is 5. The lowest BCUT2D eigenvalue weighted by Crippen LogP contribution is -2.33. The molecule has 4 rings (SSSR count). The number of nitrogens with one attached hydrogen (secondary N) is 1. The molecular formula is C24H23FN2O2. The average Bonchev–Trinajstić information content (AvgIpc) is 2.75. The number of phenolic OH excluding ortho intramolecular Hbond substituents is 1. The lowest BCUT2D eigenvalue weighted by atomic mass is 9.93.